The summed E-state index contributed by atoms with van der Waals surface area (Å²) in [4.78, 5) is 24.4. The number of rotatable bonds is 5. The van der Waals surface area contributed by atoms with Gasteiger partial charge in [-0.25, -0.2) is 4.79 Å². The van der Waals surface area contributed by atoms with E-state index in [1.807, 2.05) is 0 Å². The minimum Gasteiger partial charge on any atom is -0.478 e. The second-order valence-electron chi connectivity index (χ2n) is 5.67. The molecule has 0 saturated heterocycles. The average Bonchev–Trinajstić information content (AvgIpc) is 2.34. The second-order valence-corrected chi connectivity index (χ2v) is 5.67. The maximum atomic E-state index is 12.4. The Bertz CT molecular complexity index is 570. The largest absolute Gasteiger partial charge is 0.478 e. The van der Waals surface area contributed by atoms with Crippen LogP contribution in [0.15, 0.2) is 24.3 Å². The molecular weight excluding hydrogens is 270 g/mol. The van der Waals surface area contributed by atoms with Crippen LogP contribution in [0.2, 0.25) is 0 Å². The average molecular weight is 291 g/mol. The van der Waals surface area contributed by atoms with Crippen LogP contribution in [0.5, 0.6) is 0 Å². The molecule has 0 aliphatic heterocycles. The van der Waals surface area contributed by atoms with Gasteiger partial charge in [0.1, 0.15) is 0 Å². The lowest BCUT2D eigenvalue weighted by Gasteiger charge is -2.26. The van der Waals surface area contributed by atoms with Crippen molar-refractivity contribution in [3.8, 4) is 0 Å². The van der Waals surface area contributed by atoms with Crippen molar-refractivity contribution in [1.29, 1.82) is 0 Å². The fourth-order valence-corrected chi connectivity index (χ4v) is 2.08. The number of likely N-dealkylation sites (N-methyl/N-ethyl adjacent to an activating group) is 1. The topological polar surface area (TPSA) is 77.8 Å². The Kier molecular flexibility index (Phi) is 5.27. The molecule has 1 aromatic carbocycles. The number of carbonyl (C=O) groups excluding carboxylic acids is 1. The highest BCUT2D eigenvalue weighted by atomic mass is 16.4. The molecule has 0 radical (unpaired) electrons. The summed E-state index contributed by atoms with van der Waals surface area (Å²) < 4.78 is 0. The molecule has 0 aliphatic carbocycles. The summed E-state index contributed by atoms with van der Waals surface area (Å²) in [6, 6.07) is 5.15. The third-order valence-electron chi connectivity index (χ3n) is 2.98. The number of nitrogens with zero attached hydrogens (tertiary/aromatic N) is 1. The molecule has 1 amide bonds. The van der Waals surface area contributed by atoms with Gasteiger partial charge in [0.15, 0.2) is 0 Å². The lowest BCUT2D eigenvalue weighted by molar-refractivity contribution is -0.131. The van der Waals surface area contributed by atoms with Gasteiger partial charge in [-0.2, -0.15) is 0 Å². The Hall–Kier alpha value is -2.14. The van der Waals surface area contributed by atoms with Gasteiger partial charge in [-0.05, 0) is 44.0 Å². The fourth-order valence-electron chi connectivity index (χ4n) is 2.08. The number of benzene rings is 1. The predicted molar refractivity (Wildman–Crippen MR) is 81.1 cm³/mol. The number of amides is 1. The molecule has 0 fully saturated rings. The minimum absolute atomic E-state index is 0.208. The molecule has 114 valence electrons. The lowest BCUT2D eigenvalue weighted by atomic mass is 10.0. The predicted octanol–water partition coefficient (Wildman–Crippen LogP) is 1.94. The van der Waals surface area contributed by atoms with Gasteiger partial charge in [-0.15, -0.1) is 0 Å². The van der Waals surface area contributed by atoms with Crippen LogP contribution < -0.4 is 0 Å². The Morgan fingerprint density at radius 1 is 1.33 bits per heavy atom. The molecule has 0 unspecified atom stereocenters. The Labute approximate surface area is 124 Å². The third-order valence-corrected chi connectivity index (χ3v) is 2.98. The molecule has 2 N–H and O–H groups in total. The smallest absolute Gasteiger partial charge is 0.328 e. The van der Waals surface area contributed by atoms with Crippen LogP contribution >= 0.6 is 0 Å². The van der Waals surface area contributed by atoms with Crippen molar-refractivity contribution < 1.29 is 19.8 Å². The van der Waals surface area contributed by atoms with Crippen molar-refractivity contribution in [2.24, 2.45) is 0 Å². The molecule has 1 aromatic rings. The first kappa shape index (κ1) is 16.9. The van der Waals surface area contributed by atoms with E-state index in [1.54, 1.807) is 46.0 Å². The van der Waals surface area contributed by atoms with Crippen LogP contribution in [0.3, 0.4) is 0 Å². The zero-order valence-electron chi connectivity index (χ0n) is 12.8. The molecule has 5 heteroatoms. The van der Waals surface area contributed by atoms with Crippen molar-refractivity contribution in [2.45, 2.75) is 26.4 Å². The van der Waals surface area contributed by atoms with Gasteiger partial charge in [0.25, 0.3) is 5.91 Å². The van der Waals surface area contributed by atoms with E-state index in [-0.39, 0.29) is 12.5 Å². The van der Waals surface area contributed by atoms with Gasteiger partial charge in [0.05, 0.1) is 5.60 Å². The van der Waals surface area contributed by atoms with E-state index in [0.29, 0.717) is 16.7 Å². The van der Waals surface area contributed by atoms with Crippen molar-refractivity contribution in [3.63, 3.8) is 0 Å². The first-order valence-electron chi connectivity index (χ1n) is 6.60. The minimum atomic E-state index is -1.04. The van der Waals surface area contributed by atoms with E-state index < -0.39 is 11.6 Å². The maximum absolute atomic E-state index is 12.4. The van der Waals surface area contributed by atoms with Gasteiger partial charge in [-0.3, -0.25) is 4.79 Å². The highest BCUT2D eigenvalue weighted by molar-refractivity contribution is 5.97. The SMILES string of the molecule is Cc1c(C=CC(=O)O)cccc1C(=O)N(C)CC(C)(C)O. The lowest BCUT2D eigenvalue weighted by Crippen LogP contribution is -2.39. The number of hydrogen-bond donors (Lipinski definition) is 2. The summed E-state index contributed by atoms with van der Waals surface area (Å²) in [5.41, 5.74) is 0.913. The van der Waals surface area contributed by atoms with Gasteiger partial charge in [0, 0.05) is 25.2 Å². The van der Waals surface area contributed by atoms with Gasteiger partial charge in [0.2, 0.25) is 0 Å². The summed E-state index contributed by atoms with van der Waals surface area (Å²) in [5, 5.41) is 18.5. The van der Waals surface area contributed by atoms with Crippen LogP contribution in [-0.4, -0.2) is 46.2 Å². The van der Waals surface area contributed by atoms with Crippen LogP contribution in [-0.2, 0) is 4.79 Å². The molecule has 0 atom stereocenters. The zero-order valence-corrected chi connectivity index (χ0v) is 12.8. The Balaban J connectivity index is 3.06. The fraction of sp³-hybridized carbons (Fsp3) is 0.375. The van der Waals surface area contributed by atoms with E-state index in [4.69, 9.17) is 5.11 Å². The Morgan fingerprint density at radius 2 is 1.95 bits per heavy atom. The molecule has 21 heavy (non-hydrogen) atoms. The number of aliphatic hydroxyl groups is 1. The molecule has 1 rings (SSSR count). The monoisotopic (exact) mass is 291 g/mol. The van der Waals surface area contributed by atoms with Crippen LogP contribution in [0.25, 0.3) is 6.08 Å². The number of carbonyl (C=O) groups is 2. The number of aliphatic carboxylic acids is 1. The highest BCUT2D eigenvalue weighted by Crippen LogP contribution is 2.18. The normalized spacial score (nSPS) is 11.7. The van der Waals surface area contributed by atoms with E-state index in [0.717, 1.165) is 6.08 Å². The van der Waals surface area contributed by atoms with Crippen molar-refractivity contribution in [3.05, 3.63) is 41.0 Å². The summed E-state index contributed by atoms with van der Waals surface area (Å²) >= 11 is 0. The van der Waals surface area contributed by atoms with Crippen molar-refractivity contribution in [1.82, 2.24) is 4.90 Å². The standard InChI is InChI=1S/C16H21NO4/c1-11-12(8-9-14(18)19)6-5-7-13(11)15(20)17(4)10-16(2,3)21/h5-9,21H,10H2,1-4H3,(H,18,19). The summed E-state index contributed by atoms with van der Waals surface area (Å²) in [6.07, 6.45) is 2.50. The van der Waals surface area contributed by atoms with Gasteiger partial charge >= 0.3 is 5.97 Å². The molecule has 0 spiro atoms. The van der Waals surface area contributed by atoms with Crippen molar-refractivity contribution >= 4 is 18.0 Å². The first-order chi connectivity index (χ1) is 9.61. The highest BCUT2D eigenvalue weighted by Gasteiger charge is 2.21. The number of carboxylic acid groups (broad SMARTS) is 1. The molecule has 5 nitrogen and oxygen atoms in total. The quantitative estimate of drug-likeness (QED) is 0.813. The maximum Gasteiger partial charge on any atom is 0.328 e. The van der Waals surface area contributed by atoms with Crippen LogP contribution in [0.1, 0.15) is 35.3 Å². The molecule has 0 saturated carbocycles. The Morgan fingerprint density at radius 3 is 2.48 bits per heavy atom. The van der Waals surface area contributed by atoms with E-state index in [9.17, 15) is 14.7 Å². The van der Waals surface area contributed by atoms with E-state index in [1.165, 1.54) is 11.0 Å². The summed E-state index contributed by atoms with van der Waals surface area (Å²) in [5.74, 6) is -1.24. The summed E-state index contributed by atoms with van der Waals surface area (Å²) in [7, 11) is 1.62. The van der Waals surface area contributed by atoms with Crippen LogP contribution in [0, 0.1) is 6.92 Å². The van der Waals surface area contributed by atoms with E-state index >= 15 is 0 Å². The molecule has 0 heterocycles. The molecule has 0 aliphatic rings. The zero-order chi connectivity index (χ0) is 16.2. The summed E-state index contributed by atoms with van der Waals surface area (Å²) in [6.45, 7) is 5.25. The molecule has 0 aromatic heterocycles. The second kappa shape index (κ2) is 6.54. The third kappa shape index (κ3) is 5.04. The van der Waals surface area contributed by atoms with Crippen molar-refractivity contribution in [2.75, 3.05) is 13.6 Å². The number of hydrogen-bond acceptors (Lipinski definition) is 3. The van der Waals surface area contributed by atoms with E-state index in [2.05, 4.69) is 0 Å². The van der Waals surface area contributed by atoms with Crippen LogP contribution in [0.4, 0.5) is 0 Å². The molecular formula is C16H21NO4. The van der Waals surface area contributed by atoms with Gasteiger partial charge < -0.3 is 15.1 Å². The van der Waals surface area contributed by atoms with Gasteiger partial charge in [-0.1, -0.05) is 12.1 Å². The molecule has 0 bridgehead atoms. The first-order valence-corrected chi connectivity index (χ1v) is 6.60. The number of carboxylic acids is 1.